The minimum Gasteiger partial charge on any atom is -0.324 e. The van der Waals surface area contributed by atoms with Gasteiger partial charge in [-0.25, -0.2) is 4.90 Å². The summed E-state index contributed by atoms with van der Waals surface area (Å²) in [4.78, 5) is 56.4. The maximum atomic E-state index is 14.0. The third-order valence-corrected chi connectivity index (χ3v) is 8.00. The van der Waals surface area contributed by atoms with Crippen LogP contribution in [0.1, 0.15) is 48.2 Å². The summed E-state index contributed by atoms with van der Waals surface area (Å²) in [5, 5.41) is 3.02. The van der Waals surface area contributed by atoms with Crippen molar-refractivity contribution in [1.82, 2.24) is 4.90 Å². The highest BCUT2D eigenvalue weighted by molar-refractivity contribution is 6.26. The molecular formula is C26H25N3O4. The molecule has 4 heterocycles. The number of imide groups is 1. The van der Waals surface area contributed by atoms with Crippen LogP contribution in [0.25, 0.3) is 0 Å². The van der Waals surface area contributed by atoms with Gasteiger partial charge in [-0.15, -0.1) is 0 Å². The first-order chi connectivity index (χ1) is 15.9. The third kappa shape index (κ3) is 2.43. The smallest absolute Gasteiger partial charge is 0.250 e. The zero-order chi connectivity index (χ0) is 23.1. The number of aryl methyl sites for hydroxylation is 1. The van der Waals surface area contributed by atoms with Crippen molar-refractivity contribution in [1.29, 1.82) is 0 Å². The quantitative estimate of drug-likeness (QED) is 0.582. The van der Waals surface area contributed by atoms with Crippen molar-refractivity contribution in [3.05, 3.63) is 59.2 Å². The van der Waals surface area contributed by atoms with E-state index in [9.17, 15) is 19.2 Å². The van der Waals surface area contributed by atoms with E-state index >= 15 is 0 Å². The highest BCUT2D eigenvalue weighted by atomic mass is 16.2. The number of carbonyl (C=O) groups is 4. The number of benzene rings is 2. The van der Waals surface area contributed by atoms with Crippen LogP contribution in [-0.4, -0.2) is 41.0 Å². The van der Waals surface area contributed by atoms with Crippen molar-refractivity contribution in [2.24, 2.45) is 11.8 Å². The molecule has 0 bridgehead atoms. The van der Waals surface area contributed by atoms with Gasteiger partial charge in [0.15, 0.2) is 5.78 Å². The molecule has 0 aliphatic carbocycles. The Kier molecular flexibility index (Phi) is 4.21. The first-order valence-corrected chi connectivity index (χ1v) is 11.6. The van der Waals surface area contributed by atoms with Crippen molar-refractivity contribution in [3.63, 3.8) is 0 Å². The Morgan fingerprint density at radius 2 is 1.85 bits per heavy atom. The van der Waals surface area contributed by atoms with E-state index < -0.39 is 17.4 Å². The van der Waals surface area contributed by atoms with E-state index in [4.69, 9.17) is 0 Å². The van der Waals surface area contributed by atoms with Gasteiger partial charge in [0.25, 0.3) is 0 Å². The fourth-order valence-corrected chi connectivity index (χ4v) is 6.57. The Labute approximate surface area is 191 Å². The second-order valence-electron chi connectivity index (χ2n) is 9.48. The van der Waals surface area contributed by atoms with Crippen molar-refractivity contribution < 1.29 is 19.2 Å². The van der Waals surface area contributed by atoms with Crippen LogP contribution in [0.5, 0.6) is 0 Å². The topological polar surface area (TPSA) is 86.8 Å². The fourth-order valence-electron chi connectivity index (χ4n) is 6.57. The van der Waals surface area contributed by atoms with Gasteiger partial charge >= 0.3 is 0 Å². The number of anilines is 2. The number of fused-ring (bicyclic) bond motifs is 7. The summed E-state index contributed by atoms with van der Waals surface area (Å²) in [6.45, 7) is 4.23. The lowest BCUT2D eigenvalue weighted by Gasteiger charge is -2.36. The highest BCUT2D eigenvalue weighted by Crippen LogP contribution is 2.60. The van der Waals surface area contributed by atoms with Crippen molar-refractivity contribution in [2.75, 3.05) is 16.8 Å². The molecule has 4 unspecified atom stereocenters. The zero-order valence-corrected chi connectivity index (χ0v) is 18.6. The van der Waals surface area contributed by atoms with Gasteiger partial charge in [0.1, 0.15) is 5.54 Å². The molecule has 4 aliphatic heterocycles. The Balaban J connectivity index is 1.51. The average Bonchev–Trinajstić information content (AvgIpc) is 3.51. The molecular weight excluding hydrogens is 418 g/mol. The summed E-state index contributed by atoms with van der Waals surface area (Å²) in [7, 11) is 0. The molecule has 33 heavy (non-hydrogen) atoms. The van der Waals surface area contributed by atoms with E-state index in [1.54, 1.807) is 24.3 Å². The summed E-state index contributed by atoms with van der Waals surface area (Å²) in [6, 6.07) is 12.4. The average molecular weight is 444 g/mol. The van der Waals surface area contributed by atoms with Crippen molar-refractivity contribution >= 4 is 34.9 Å². The highest BCUT2D eigenvalue weighted by Gasteiger charge is 2.74. The molecule has 4 atom stereocenters. The van der Waals surface area contributed by atoms with Gasteiger partial charge < -0.3 is 5.32 Å². The molecule has 0 radical (unpaired) electrons. The van der Waals surface area contributed by atoms with Crippen LogP contribution < -0.4 is 10.2 Å². The van der Waals surface area contributed by atoms with Gasteiger partial charge in [0.2, 0.25) is 17.7 Å². The lowest BCUT2D eigenvalue weighted by atomic mass is 9.75. The summed E-state index contributed by atoms with van der Waals surface area (Å²) < 4.78 is 0. The Hall–Kier alpha value is -3.32. The molecule has 1 spiro atoms. The molecule has 3 amide bonds. The van der Waals surface area contributed by atoms with E-state index in [1.165, 1.54) is 11.8 Å². The number of hydrogen-bond acceptors (Lipinski definition) is 5. The SMILES string of the molecule is CCc1ccc2c(c1)C1(C(=O)N2)C2C(=O)N(c3ccc(C(C)=O)cc3)C(=O)C2C2CCCN21. The standard InChI is InChI=1S/C26H25N3O4/c1-3-15-6-11-19-18(13-15)26(25(33)27-19)22-21(20-5-4-12-28(20)26)23(31)29(24(22)32)17-9-7-16(8-10-17)14(2)30/h6-11,13,20-22H,3-5,12H2,1-2H3,(H,27,33). The Morgan fingerprint density at radius 1 is 1.09 bits per heavy atom. The molecule has 2 aromatic rings. The Morgan fingerprint density at radius 3 is 2.55 bits per heavy atom. The van der Waals surface area contributed by atoms with Gasteiger partial charge in [-0.2, -0.15) is 0 Å². The van der Waals surface area contributed by atoms with Gasteiger partial charge in [0.05, 0.1) is 17.5 Å². The maximum absolute atomic E-state index is 14.0. The predicted octanol–water partition coefficient (Wildman–Crippen LogP) is 2.88. The van der Waals surface area contributed by atoms with Crippen LogP contribution in [-0.2, 0) is 26.3 Å². The molecule has 3 fully saturated rings. The lowest BCUT2D eigenvalue weighted by Crippen LogP contribution is -2.54. The van der Waals surface area contributed by atoms with Crippen LogP contribution in [0.15, 0.2) is 42.5 Å². The minimum absolute atomic E-state index is 0.0796. The van der Waals surface area contributed by atoms with Gasteiger partial charge in [-0.05, 0) is 68.6 Å². The molecule has 3 saturated heterocycles. The number of hydrogen-bond donors (Lipinski definition) is 1. The molecule has 7 nitrogen and oxygen atoms in total. The van der Waals surface area contributed by atoms with E-state index in [0.29, 0.717) is 17.8 Å². The number of rotatable bonds is 3. The maximum Gasteiger partial charge on any atom is 0.250 e. The summed E-state index contributed by atoms with van der Waals surface area (Å²) >= 11 is 0. The Bertz CT molecular complexity index is 1240. The lowest BCUT2D eigenvalue weighted by molar-refractivity contribution is -0.135. The van der Waals surface area contributed by atoms with Gasteiger partial charge in [-0.1, -0.05) is 19.1 Å². The normalized spacial score (nSPS) is 30.1. The number of ketones is 1. The summed E-state index contributed by atoms with van der Waals surface area (Å²) in [5.74, 6) is -2.20. The largest absolute Gasteiger partial charge is 0.324 e. The van der Waals surface area contributed by atoms with E-state index in [0.717, 1.165) is 36.1 Å². The van der Waals surface area contributed by atoms with Crippen molar-refractivity contribution in [2.45, 2.75) is 44.7 Å². The van der Waals surface area contributed by atoms with Crippen LogP contribution in [0.3, 0.4) is 0 Å². The molecule has 2 aromatic carbocycles. The second kappa shape index (κ2) is 6.84. The first-order valence-electron chi connectivity index (χ1n) is 11.6. The summed E-state index contributed by atoms with van der Waals surface area (Å²) in [5.41, 5.74) is 2.46. The molecule has 1 N–H and O–H groups in total. The summed E-state index contributed by atoms with van der Waals surface area (Å²) in [6.07, 6.45) is 2.49. The molecule has 168 valence electrons. The fraction of sp³-hybridized carbons (Fsp3) is 0.385. The van der Waals surface area contributed by atoms with E-state index in [1.807, 2.05) is 18.2 Å². The van der Waals surface area contributed by atoms with Crippen LogP contribution >= 0.6 is 0 Å². The number of Topliss-reactive ketones (excluding diaryl/α,β-unsaturated/α-hetero) is 1. The van der Waals surface area contributed by atoms with Crippen molar-refractivity contribution in [3.8, 4) is 0 Å². The third-order valence-electron chi connectivity index (χ3n) is 8.00. The number of carbonyl (C=O) groups excluding carboxylic acids is 4. The molecule has 4 aliphatic rings. The zero-order valence-electron chi connectivity index (χ0n) is 18.6. The molecule has 7 heteroatoms. The monoisotopic (exact) mass is 443 g/mol. The van der Waals surface area contributed by atoms with Gasteiger partial charge in [0, 0.05) is 22.9 Å². The van der Waals surface area contributed by atoms with E-state index in [-0.39, 0.29) is 29.5 Å². The second-order valence-corrected chi connectivity index (χ2v) is 9.48. The minimum atomic E-state index is -1.16. The number of nitrogens with one attached hydrogen (secondary N) is 1. The molecule has 0 aromatic heterocycles. The van der Waals surface area contributed by atoms with Gasteiger partial charge in [-0.3, -0.25) is 24.1 Å². The molecule has 0 saturated carbocycles. The van der Waals surface area contributed by atoms with Crippen LogP contribution in [0.2, 0.25) is 0 Å². The predicted molar refractivity (Wildman–Crippen MR) is 122 cm³/mol. The molecule has 6 rings (SSSR count). The number of amides is 3. The number of nitrogens with zero attached hydrogens (tertiary/aromatic N) is 2. The first kappa shape index (κ1) is 20.3. The van der Waals surface area contributed by atoms with Crippen LogP contribution in [0, 0.1) is 11.8 Å². The van der Waals surface area contributed by atoms with Crippen LogP contribution in [0.4, 0.5) is 11.4 Å². The van der Waals surface area contributed by atoms with E-state index in [2.05, 4.69) is 17.1 Å².